The molecule has 1 unspecified atom stereocenters. The van der Waals surface area contributed by atoms with Gasteiger partial charge in [0.2, 0.25) is 14.7 Å². The topological polar surface area (TPSA) is 105 Å². The van der Waals surface area contributed by atoms with Crippen LogP contribution in [0.4, 0.5) is 0 Å². The minimum atomic E-state index is -4.04. The first-order valence-electron chi connectivity index (χ1n) is 7.77. The number of ether oxygens (including phenoxy) is 1. The number of hydrogen-bond acceptors (Lipinski definition) is 6. The Morgan fingerprint density at radius 2 is 1.72 bits per heavy atom. The minimum absolute atomic E-state index is 0.0223. The Morgan fingerprint density at radius 1 is 1.08 bits per heavy atom. The van der Waals surface area contributed by atoms with Gasteiger partial charge in [-0.15, -0.1) is 0 Å². The highest BCUT2D eigenvalue weighted by atomic mass is 32.2. The highest BCUT2D eigenvalue weighted by molar-refractivity contribution is 7.93. The summed E-state index contributed by atoms with van der Waals surface area (Å²) in [5.74, 6) is 0.131. The summed E-state index contributed by atoms with van der Waals surface area (Å²) in [6.45, 7) is 0.377. The fourth-order valence-corrected chi connectivity index (χ4v) is 4.76. The van der Waals surface area contributed by atoms with Crippen LogP contribution < -0.4 is 15.5 Å². The number of carbonyl (C=O) groups is 1. The first kappa shape index (κ1) is 17.4. The molecule has 0 aromatic heterocycles. The molecule has 1 amide bonds. The highest BCUT2D eigenvalue weighted by Gasteiger charge is 2.53. The average molecular weight is 362 g/mol. The van der Waals surface area contributed by atoms with Gasteiger partial charge in [0.05, 0.1) is 4.90 Å². The number of rotatable bonds is 5. The molecule has 2 aromatic carbocycles. The van der Waals surface area contributed by atoms with Crippen LogP contribution in [0.3, 0.4) is 0 Å². The molecule has 2 aromatic rings. The third-order valence-corrected chi connectivity index (χ3v) is 6.50. The lowest BCUT2D eigenvalue weighted by atomic mass is 10.2. The Labute approximate surface area is 145 Å². The second-order valence-corrected chi connectivity index (χ2v) is 7.86. The highest BCUT2D eigenvalue weighted by Crippen LogP contribution is 2.33. The van der Waals surface area contributed by atoms with Crippen LogP contribution in [-0.2, 0) is 14.6 Å². The lowest BCUT2D eigenvalue weighted by Crippen LogP contribution is -2.58. The van der Waals surface area contributed by atoms with Crippen molar-refractivity contribution in [1.29, 1.82) is 0 Å². The smallest absolute Gasteiger partial charge is 0.279 e. The van der Waals surface area contributed by atoms with Crippen molar-refractivity contribution in [1.82, 2.24) is 10.8 Å². The van der Waals surface area contributed by atoms with Crippen molar-refractivity contribution < 1.29 is 23.2 Å². The average Bonchev–Trinajstić information content (AvgIpc) is 3.14. The van der Waals surface area contributed by atoms with E-state index in [0.717, 1.165) is 0 Å². The summed E-state index contributed by atoms with van der Waals surface area (Å²) >= 11 is 0. The molecule has 1 aliphatic heterocycles. The predicted molar refractivity (Wildman–Crippen MR) is 90.0 cm³/mol. The Balaban J connectivity index is 1.89. The zero-order valence-corrected chi connectivity index (χ0v) is 14.1. The zero-order chi connectivity index (χ0) is 17.9. The summed E-state index contributed by atoms with van der Waals surface area (Å²) in [5.41, 5.74) is 1.46. The van der Waals surface area contributed by atoms with E-state index in [1.807, 2.05) is 18.2 Å². The van der Waals surface area contributed by atoms with Gasteiger partial charge in [-0.2, -0.15) is 0 Å². The monoisotopic (exact) mass is 362 g/mol. The predicted octanol–water partition coefficient (Wildman–Crippen LogP) is 1.84. The molecule has 0 radical (unpaired) electrons. The van der Waals surface area contributed by atoms with Crippen LogP contribution in [0.2, 0.25) is 0 Å². The largest absolute Gasteiger partial charge is 0.457 e. The van der Waals surface area contributed by atoms with E-state index in [2.05, 4.69) is 5.32 Å². The number of para-hydroxylation sites is 1. The molecular formula is C17H18N2O5S. The van der Waals surface area contributed by atoms with Crippen LogP contribution in [0.1, 0.15) is 12.8 Å². The first-order valence-corrected chi connectivity index (χ1v) is 9.25. The SMILES string of the molecule is O=C(NO)C1(S(=O)(=O)c2ccc(Oc3ccccc3)cc2)CCCN1. The van der Waals surface area contributed by atoms with E-state index < -0.39 is 20.6 Å². The van der Waals surface area contributed by atoms with E-state index in [-0.39, 0.29) is 11.3 Å². The second-order valence-electron chi connectivity index (χ2n) is 5.69. The van der Waals surface area contributed by atoms with Gasteiger partial charge in [0.25, 0.3) is 5.91 Å². The molecule has 1 saturated heterocycles. The molecule has 1 atom stereocenters. The van der Waals surface area contributed by atoms with Crippen molar-refractivity contribution in [2.45, 2.75) is 22.6 Å². The summed E-state index contributed by atoms with van der Waals surface area (Å²) < 4.78 is 31.5. The molecule has 8 heteroatoms. The lowest BCUT2D eigenvalue weighted by Gasteiger charge is -2.26. The third kappa shape index (κ3) is 3.11. The molecule has 3 N–H and O–H groups in total. The number of hydrogen-bond donors (Lipinski definition) is 3. The Bertz CT molecular complexity index is 844. The maximum Gasteiger partial charge on any atom is 0.279 e. The number of nitrogens with one attached hydrogen (secondary N) is 2. The van der Waals surface area contributed by atoms with Gasteiger partial charge in [0, 0.05) is 0 Å². The van der Waals surface area contributed by atoms with Crippen LogP contribution in [0, 0.1) is 0 Å². The standard InChI is InChI=1S/C17H18N2O5S/c20-16(19-21)17(11-4-12-18-17)25(22,23)15-9-7-14(8-10-15)24-13-5-2-1-3-6-13/h1-3,5-10,18,21H,4,11-12H2,(H,19,20). The van der Waals surface area contributed by atoms with Crippen LogP contribution in [0.25, 0.3) is 0 Å². The van der Waals surface area contributed by atoms with E-state index in [9.17, 15) is 13.2 Å². The fraction of sp³-hybridized carbons (Fsp3) is 0.235. The van der Waals surface area contributed by atoms with Gasteiger partial charge in [-0.25, -0.2) is 13.9 Å². The van der Waals surface area contributed by atoms with Gasteiger partial charge < -0.3 is 4.74 Å². The maximum atomic E-state index is 13.0. The van der Waals surface area contributed by atoms with Crippen LogP contribution in [0.15, 0.2) is 59.5 Å². The normalized spacial score (nSPS) is 20.2. The van der Waals surface area contributed by atoms with Crippen molar-refractivity contribution in [2.24, 2.45) is 0 Å². The fourth-order valence-electron chi connectivity index (χ4n) is 2.86. The molecule has 3 rings (SSSR count). The molecule has 0 bridgehead atoms. The number of hydroxylamine groups is 1. The van der Waals surface area contributed by atoms with Crippen molar-refractivity contribution >= 4 is 15.7 Å². The number of sulfone groups is 1. The Kier molecular flexibility index (Phi) is 4.76. The van der Waals surface area contributed by atoms with Crippen molar-refractivity contribution in [3.8, 4) is 11.5 Å². The van der Waals surface area contributed by atoms with Gasteiger partial charge in [-0.05, 0) is 55.8 Å². The summed E-state index contributed by atoms with van der Waals surface area (Å²) in [7, 11) is -4.04. The molecule has 1 fully saturated rings. The van der Waals surface area contributed by atoms with Crippen LogP contribution in [0.5, 0.6) is 11.5 Å². The van der Waals surface area contributed by atoms with Gasteiger partial charge >= 0.3 is 0 Å². The van der Waals surface area contributed by atoms with E-state index in [0.29, 0.717) is 24.5 Å². The third-order valence-electron chi connectivity index (χ3n) is 4.16. The summed E-state index contributed by atoms with van der Waals surface area (Å²) in [4.78, 5) is 10.2. The molecule has 1 aliphatic rings. The maximum absolute atomic E-state index is 13.0. The van der Waals surface area contributed by atoms with Crippen molar-refractivity contribution in [3.05, 3.63) is 54.6 Å². The summed E-state index contributed by atoms with van der Waals surface area (Å²) in [5, 5.41) is 11.7. The van der Waals surface area contributed by atoms with E-state index in [1.165, 1.54) is 29.7 Å². The van der Waals surface area contributed by atoms with E-state index >= 15 is 0 Å². The quantitative estimate of drug-likeness (QED) is 0.554. The molecular weight excluding hydrogens is 344 g/mol. The second kappa shape index (κ2) is 6.83. The summed E-state index contributed by atoms with van der Waals surface area (Å²) in [6.07, 6.45) is 0.603. The van der Waals surface area contributed by atoms with Gasteiger partial charge in [-0.3, -0.25) is 15.3 Å². The van der Waals surface area contributed by atoms with Gasteiger partial charge in [-0.1, -0.05) is 18.2 Å². The van der Waals surface area contributed by atoms with Crippen LogP contribution >= 0.6 is 0 Å². The lowest BCUT2D eigenvalue weighted by molar-refractivity contribution is -0.132. The Hall–Kier alpha value is -2.42. The Morgan fingerprint density at radius 3 is 2.28 bits per heavy atom. The van der Waals surface area contributed by atoms with Gasteiger partial charge in [0.1, 0.15) is 11.5 Å². The molecule has 0 aliphatic carbocycles. The van der Waals surface area contributed by atoms with E-state index in [1.54, 1.807) is 12.1 Å². The van der Waals surface area contributed by atoms with Gasteiger partial charge in [0.15, 0.2) is 0 Å². The minimum Gasteiger partial charge on any atom is -0.457 e. The van der Waals surface area contributed by atoms with E-state index in [4.69, 9.17) is 9.94 Å². The molecule has 7 nitrogen and oxygen atoms in total. The molecule has 0 saturated carbocycles. The first-order chi connectivity index (χ1) is 12.0. The zero-order valence-electron chi connectivity index (χ0n) is 13.3. The number of amides is 1. The molecule has 25 heavy (non-hydrogen) atoms. The molecule has 0 spiro atoms. The number of carbonyl (C=O) groups excluding carboxylic acids is 1. The molecule has 132 valence electrons. The summed E-state index contributed by atoms with van der Waals surface area (Å²) in [6, 6.07) is 14.9. The molecule has 1 heterocycles. The van der Waals surface area contributed by atoms with Crippen molar-refractivity contribution in [3.63, 3.8) is 0 Å². The number of benzene rings is 2. The van der Waals surface area contributed by atoms with Crippen molar-refractivity contribution in [2.75, 3.05) is 6.54 Å². The van der Waals surface area contributed by atoms with Crippen LogP contribution in [-0.4, -0.2) is 30.9 Å².